The van der Waals surface area contributed by atoms with E-state index in [1.165, 1.54) is 0 Å². The minimum absolute atomic E-state index is 0.113. The van der Waals surface area contributed by atoms with Gasteiger partial charge in [0.05, 0.1) is 0 Å². The summed E-state index contributed by atoms with van der Waals surface area (Å²) in [5, 5.41) is 6.42. The molecule has 0 aromatic heterocycles. The molecule has 0 unspecified atom stereocenters. The highest BCUT2D eigenvalue weighted by molar-refractivity contribution is 5.74. The van der Waals surface area contributed by atoms with Gasteiger partial charge in [-0.1, -0.05) is 0 Å². The minimum Gasteiger partial charge on any atom is -0.334 e. The van der Waals surface area contributed by atoms with Gasteiger partial charge in [-0.15, -0.1) is 0 Å². The van der Waals surface area contributed by atoms with Gasteiger partial charge in [-0.2, -0.15) is 0 Å². The summed E-state index contributed by atoms with van der Waals surface area (Å²) in [7, 11) is 2.10. The second-order valence-electron chi connectivity index (χ2n) is 4.78. The molecule has 0 aromatic rings. The molecule has 2 saturated heterocycles. The molecule has 2 heterocycles. The maximum atomic E-state index is 11.9. The molecule has 2 fully saturated rings. The van der Waals surface area contributed by atoms with Crippen molar-refractivity contribution in [3.63, 3.8) is 0 Å². The van der Waals surface area contributed by atoms with Crippen LogP contribution >= 0.6 is 0 Å². The van der Waals surface area contributed by atoms with E-state index in [4.69, 9.17) is 0 Å². The Bertz CT molecular complexity index is 232. The van der Waals surface area contributed by atoms with Gasteiger partial charge in [-0.25, -0.2) is 4.79 Å². The number of likely N-dealkylation sites (N-methyl/N-ethyl adjacent to an activating group) is 1. The molecule has 92 valence electrons. The second kappa shape index (κ2) is 5.50. The van der Waals surface area contributed by atoms with E-state index in [9.17, 15) is 4.79 Å². The monoisotopic (exact) mass is 226 g/mol. The third kappa shape index (κ3) is 3.09. The second-order valence-corrected chi connectivity index (χ2v) is 4.78. The molecule has 1 atom stereocenters. The number of amides is 2. The number of hydrogen-bond acceptors (Lipinski definition) is 3. The molecule has 0 aliphatic carbocycles. The molecule has 2 rings (SSSR count). The zero-order valence-electron chi connectivity index (χ0n) is 10.0. The van der Waals surface area contributed by atoms with Crippen molar-refractivity contribution in [2.24, 2.45) is 0 Å². The Balaban J connectivity index is 1.74. The van der Waals surface area contributed by atoms with Crippen LogP contribution in [0.1, 0.15) is 12.8 Å². The third-order valence-corrected chi connectivity index (χ3v) is 3.41. The topological polar surface area (TPSA) is 47.6 Å². The van der Waals surface area contributed by atoms with Crippen LogP contribution in [-0.4, -0.2) is 68.2 Å². The number of hydrogen-bond donors (Lipinski definition) is 2. The first-order valence-corrected chi connectivity index (χ1v) is 6.20. The Labute approximate surface area is 97.2 Å². The van der Waals surface area contributed by atoms with Crippen molar-refractivity contribution in [2.45, 2.75) is 18.9 Å². The highest BCUT2D eigenvalue weighted by Gasteiger charge is 2.22. The van der Waals surface area contributed by atoms with E-state index in [0.29, 0.717) is 6.04 Å². The summed E-state index contributed by atoms with van der Waals surface area (Å²) >= 11 is 0. The Hall–Kier alpha value is -0.810. The lowest BCUT2D eigenvalue weighted by Crippen LogP contribution is -2.54. The Morgan fingerprint density at radius 2 is 2.06 bits per heavy atom. The van der Waals surface area contributed by atoms with Crippen molar-refractivity contribution in [1.29, 1.82) is 0 Å². The number of piperidine rings is 1. The van der Waals surface area contributed by atoms with Crippen molar-refractivity contribution < 1.29 is 4.79 Å². The molecule has 0 bridgehead atoms. The van der Waals surface area contributed by atoms with Crippen LogP contribution in [0.2, 0.25) is 0 Å². The fourth-order valence-corrected chi connectivity index (χ4v) is 2.25. The molecule has 5 heteroatoms. The normalized spacial score (nSPS) is 27.8. The van der Waals surface area contributed by atoms with Crippen LogP contribution in [-0.2, 0) is 0 Å². The van der Waals surface area contributed by atoms with E-state index >= 15 is 0 Å². The SMILES string of the molecule is CN1CCN(C(=O)N[C@H]2CCCNC2)CC1. The van der Waals surface area contributed by atoms with Gasteiger partial charge in [0.2, 0.25) is 0 Å². The van der Waals surface area contributed by atoms with Crippen molar-refractivity contribution >= 4 is 6.03 Å². The van der Waals surface area contributed by atoms with Crippen LogP contribution in [0.3, 0.4) is 0 Å². The maximum Gasteiger partial charge on any atom is 0.317 e. The van der Waals surface area contributed by atoms with Gasteiger partial charge in [0.1, 0.15) is 0 Å². The lowest BCUT2D eigenvalue weighted by molar-refractivity contribution is 0.150. The number of piperazine rings is 1. The Kier molecular flexibility index (Phi) is 4.01. The van der Waals surface area contributed by atoms with Crippen LogP contribution in [0.15, 0.2) is 0 Å². The van der Waals surface area contributed by atoms with Gasteiger partial charge in [0.15, 0.2) is 0 Å². The van der Waals surface area contributed by atoms with Crippen molar-refractivity contribution in [2.75, 3.05) is 46.3 Å². The predicted molar refractivity (Wildman–Crippen MR) is 63.5 cm³/mol. The van der Waals surface area contributed by atoms with Crippen LogP contribution in [0.5, 0.6) is 0 Å². The van der Waals surface area contributed by atoms with Crippen molar-refractivity contribution in [3.05, 3.63) is 0 Å². The summed E-state index contributed by atoms with van der Waals surface area (Å²) in [6.07, 6.45) is 2.26. The van der Waals surface area contributed by atoms with Gasteiger partial charge in [0, 0.05) is 38.8 Å². The van der Waals surface area contributed by atoms with Crippen molar-refractivity contribution in [3.8, 4) is 0 Å². The van der Waals surface area contributed by atoms with Crippen LogP contribution in [0.4, 0.5) is 4.79 Å². The molecule has 2 aliphatic heterocycles. The minimum atomic E-state index is 0.113. The summed E-state index contributed by atoms with van der Waals surface area (Å²) in [6.45, 7) is 5.66. The largest absolute Gasteiger partial charge is 0.334 e. The number of rotatable bonds is 1. The quantitative estimate of drug-likeness (QED) is 0.645. The Morgan fingerprint density at radius 1 is 1.31 bits per heavy atom. The number of carbonyl (C=O) groups is 1. The van der Waals surface area contributed by atoms with Gasteiger partial charge < -0.3 is 20.4 Å². The summed E-state index contributed by atoms with van der Waals surface area (Å²) in [5.74, 6) is 0. The highest BCUT2D eigenvalue weighted by atomic mass is 16.2. The highest BCUT2D eigenvalue weighted by Crippen LogP contribution is 2.04. The first-order chi connectivity index (χ1) is 7.75. The molecule has 2 N–H and O–H groups in total. The summed E-state index contributed by atoms with van der Waals surface area (Å²) in [4.78, 5) is 16.1. The molecule has 16 heavy (non-hydrogen) atoms. The van der Waals surface area contributed by atoms with Gasteiger partial charge in [-0.3, -0.25) is 0 Å². The number of carbonyl (C=O) groups excluding carboxylic acids is 1. The van der Waals surface area contributed by atoms with E-state index in [1.807, 2.05) is 4.90 Å². The molecular formula is C11H22N4O. The average Bonchev–Trinajstić information content (AvgIpc) is 2.31. The number of nitrogens with zero attached hydrogens (tertiary/aromatic N) is 2. The van der Waals surface area contributed by atoms with E-state index in [0.717, 1.165) is 52.1 Å². The standard InChI is InChI=1S/C11H22N4O/c1-14-5-7-15(8-6-14)11(16)13-10-3-2-4-12-9-10/h10,12H,2-9H2,1H3,(H,13,16)/t10-/m0/s1. The third-order valence-electron chi connectivity index (χ3n) is 3.41. The average molecular weight is 226 g/mol. The van der Waals surface area contributed by atoms with Crippen LogP contribution < -0.4 is 10.6 Å². The molecule has 0 saturated carbocycles. The van der Waals surface area contributed by atoms with Gasteiger partial charge >= 0.3 is 6.03 Å². The van der Waals surface area contributed by atoms with Crippen LogP contribution in [0.25, 0.3) is 0 Å². The molecule has 2 aliphatic rings. The molecule has 2 amide bonds. The summed E-state index contributed by atoms with van der Waals surface area (Å²) in [5.41, 5.74) is 0. The lowest BCUT2D eigenvalue weighted by Gasteiger charge is -2.34. The smallest absolute Gasteiger partial charge is 0.317 e. The van der Waals surface area contributed by atoms with Gasteiger partial charge in [-0.05, 0) is 26.4 Å². The zero-order valence-corrected chi connectivity index (χ0v) is 10.0. The first-order valence-electron chi connectivity index (χ1n) is 6.20. The number of urea groups is 1. The predicted octanol–water partition coefficient (Wildman–Crippen LogP) is -0.305. The molecular weight excluding hydrogens is 204 g/mol. The summed E-state index contributed by atoms with van der Waals surface area (Å²) in [6, 6.07) is 0.433. The zero-order chi connectivity index (χ0) is 11.4. The fraction of sp³-hybridized carbons (Fsp3) is 0.909. The van der Waals surface area contributed by atoms with E-state index in [1.54, 1.807) is 0 Å². The lowest BCUT2D eigenvalue weighted by atomic mass is 10.1. The van der Waals surface area contributed by atoms with Gasteiger partial charge in [0.25, 0.3) is 0 Å². The Morgan fingerprint density at radius 3 is 2.69 bits per heavy atom. The summed E-state index contributed by atoms with van der Waals surface area (Å²) < 4.78 is 0. The molecule has 0 spiro atoms. The molecule has 0 radical (unpaired) electrons. The maximum absolute atomic E-state index is 11.9. The molecule has 0 aromatic carbocycles. The van der Waals surface area contributed by atoms with Crippen molar-refractivity contribution in [1.82, 2.24) is 20.4 Å². The van der Waals surface area contributed by atoms with E-state index in [2.05, 4.69) is 22.6 Å². The molecule has 5 nitrogen and oxygen atoms in total. The van der Waals surface area contributed by atoms with E-state index in [-0.39, 0.29) is 6.03 Å². The fourth-order valence-electron chi connectivity index (χ4n) is 2.25. The van der Waals surface area contributed by atoms with E-state index < -0.39 is 0 Å². The number of nitrogens with one attached hydrogen (secondary N) is 2. The first kappa shape index (κ1) is 11.7. The van der Waals surface area contributed by atoms with Crippen LogP contribution in [0, 0.1) is 0 Å².